The number of aryl methyl sites for hydroxylation is 4. The molecule has 1 heterocycles. The number of ether oxygens (including phenoxy) is 1. The molecule has 0 spiro atoms. The van der Waals surface area contributed by atoms with Crippen molar-refractivity contribution in [3.05, 3.63) is 64.2 Å². The summed E-state index contributed by atoms with van der Waals surface area (Å²) < 4.78 is 17.5. The predicted molar refractivity (Wildman–Crippen MR) is 121 cm³/mol. The number of hydrogen-bond acceptors (Lipinski definition) is 4. The van der Waals surface area contributed by atoms with Crippen LogP contribution in [0.3, 0.4) is 0 Å². The van der Waals surface area contributed by atoms with Gasteiger partial charge in [-0.2, -0.15) is 0 Å². The highest BCUT2D eigenvalue weighted by molar-refractivity contribution is 6.62. The van der Waals surface area contributed by atoms with Crippen LogP contribution in [0, 0.1) is 13.8 Å². The van der Waals surface area contributed by atoms with Gasteiger partial charge in [0.25, 0.3) is 0 Å². The van der Waals surface area contributed by atoms with Crippen LogP contribution in [0.15, 0.2) is 36.4 Å². The van der Waals surface area contributed by atoms with Crippen LogP contribution in [0.4, 0.5) is 0 Å². The molecule has 30 heavy (non-hydrogen) atoms. The van der Waals surface area contributed by atoms with Gasteiger partial charge in [0, 0.05) is 0 Å². The maximum atomic E-state index is 12.1. The molecule has 0 aromatic heterocycles. The van der Waals surface area contributed by atoms with Crippen LogP contribution >= 0.6 is 0 Å². The highest BCUT2D eigenvalue weighted by atomic mass is 16.7. The van der Waals surface area contributed by atoms with E-state index in [0.29, 0.717) is 5.56 Å². The highest BCUT2D eigenvalue weighted by Gasteiger charge is 2.52. The Morgan fingerprint density at radius 3 is 2.10 bits per heavy atom. The van der Waals surface area contributed by atoms with Gasteiger partial charge in [0.15, 0.2) is 0 Å². The summed E-state index contributed by atoms with van der Waals surface area (Å²) in [6, 6.07) is 12.4. The molecule has 0 radical (unpaired) electrons. The van der Waals surface area contributed by atoms with Crippen LogP contribution in [-0.2, 0) is 26.9 Å². The summed E-state index contributed by atoms with van der Waals surface area (Å²) in [5.74, 6) is -0.352. The maximum absolute atomic E-state index is 12.1. The van der Waals surface area contributed by atoms with E-state index in [-0.39, 0.29) is 5.97 Å². The quantitative estimate of drug-likeness (QED) is 0.519. The van der Waals surface area contributed by atoms with Gasteiger partial charge >= 0.3 is 13.1 Å². The molecule has 0 unspecified atom stereocenters. The van der Waals surface area contributed by atoms with E-state index in [0.717, 1.165) is 30.3 Å². The van der Waals surface area contributed by atoms with Gasteiger partial charge in [0.2, 0.25) is 0 Å². The molecule has 0 amide bonds. The van der Waals surface area contributed by atoms with Gasteiger partial charge in [0.05, 0.1) is 23.9 Å². The van der Waals surface area contributed by atoms with Gasteiger partial charge in [-0.15, -0.1) is 0 Å². The molecule has 1 fully saturated rings. The Bertz CT molecular complexity index is 896. The minimum atomic E-state index is -0.504. The standard InChI is InChI=1S/C25H33BO4/c1-17-13-18(2)15-19(14-17)9-8-10-20-11-12-21(23(27)28-7)16-22(20)26-29-24(3,4)25(5,6)30-26/h11-16H,8-10H2,1-7H3. The van der Waals surface area contributed by atoms with Gasteiger partial charge in [-0.3, -0.25) is 0 Å². The van der Waals surface area contributed by atoms with Gasteiger partial charge in [-0.05, 0) is 89.5 Å². The molecule has 1 aliphatic heterocycles. The molecule has 0 aliphatic carbocycles. The first-order valence-electron chi connectivity index (χ1n) is 10.7. The van der Waals surface area contributed by atoms with Gasteiger partial charge in [-0.1, -0.05) is 35.4 Å². The molecule has 5 heteroatoms. The third-order valence-corrected chi connectivity index (χ3v) is 6.27. The number of hydrogen-bond donors (Lipinski definition) is 0. The van der Waals surface area contributed by atoms with E-state index in [1.807, 2.05) is 45.9 Å². The third-order valence-electron chi connectivity index (χ3n) is 6.27. The average Bonchev–Trinajstić information content (AvgIpc) is 2.87. The lowest BCUT2D eigenvalue weighted by Crippen LogP contribution is -2.41. The van der Waals surface area contributed by atoms with Crippen molar-refractivity contribution in [3.63, 3.8) is 0 Å². The minimum Gasteiger partial charge on any atom is -0.465 e. The highest BCUT2D eigenvalue weighted by Crippen LogP contribution is 2.36. The van der Waals surface area contributed by atoms with E-state index < -0.39 is 18.3 Å². The Kier molecular flexibility index (Phi) is 6.44. The van der Waals surface area contributed by atoms with E-state index in [9.17, 15) is 4.79 Å². The summed E-state index contributed by atoms with van der Waals surface area (Å²) in [6.45, 7) is 12.4. The second-order valence-electron chi connectivity index (χ2n) is 9.34. The fourth-order valence-electron chi connectivity index (χ4n) is 3.95. The third kappa shape index (κ3) is 4.79. The van der Waals surface area contributed by atoms with E-state index in [1.54, 1.807) is 0 Å². The van der Waals surface area contributed by atoms with E-state index in [4.69, 9.17) is 14.0 Å². The lowest BCUT2D eigenvalue weighted by Gasteiger charge is -2.32. The SMILES string of the molecule is COC(=O)c1ccc(CCCc2cc(C)cc(C)c2)c(B2OC(C)(C)C(C)(C)O2)c1. The zero-order chi connectivity index (χ0) is 22.1. The number of carbonyl (C=O) groups is 1. The molecular formula is C25H33BO4. The lowest BCUT2D eigenvalue weighted by atomic mass is 9.74. The molecule has 0 atom stereocenters. The number of esters is 1. The predicted octanol–water partition coefficient (Wildman–Crippen LogP) is 4.56. The van der Waals surface area contributed by atoms with Crippen molar-refractivity contribution in [1.29, 1.82) is 0 Å². The summed E-state index contributed by atoms with van der Waals surface area (Å²) in [4.78, 5) is 12.1. The summed E-state index contributed by atoms with van der Waals surface area (Å²) in [7, 11) is 0.893. The summed E-state index contributed by atoms with van der Waals surface area (Å²) in [5.41, 5.74) is 5.65. The Hall–Kier alpha value is -2.11. The van der Waals surface area contributed by atoms with E-state index in [2.05, 4.69) is 32.0 Å². The first-order valence-corrected chi connectivity index (χ1v) is 10.7. The van der Waals surface area contributed by atoms with E-state index in [1.165, 1.54) is 23.8 Å². The van der Waals surface area contributed by atoms with Crippen LogP contribution in [0.25, 0.3) is 0 Å². The van der Waals surface area contributed by atoms with Crippen molar-refractivity contribution in [2.75, 3.05) is 7.11 Å². The number of benzene rings is 2. The smallest absolute Gasteiger partial charge is 0.465 e. The molecule has 160 valence electrons. The maximum Gasteiger partial charge on any atom is 0.495 e. The minimum absolute atomic E-state index is 0.352. The van der Waals surface area contributed by atoms with Crippen molar-refractivity contribution in [3.8, 4) is 0 Å². The number of rotatable bonds is 6. The zero-order valence-electron chi connectivity index (χ0n) is 19.3. The van der Waals surface area contributed by atoms with Crippen LogP contribution in [-0.4, -0.2) is 31.4 Å². The average molecular weight is 408 g/mol. The first-order chi connectivity index (χ1) is 14.0. The fraction of sp³-hybridized carbons (Fsp3) is 0.480. The van der Waals surface area contributed by atoms with Crippen molar-refractivity contribution in [2.24, 2.45) is 0 Å². The second kappa shape index (κ2) is 8.56. The van der Waals surface area contributed by atoms with Crippen molar-refractivity contribution in [2.45, 2.75) is 72.0 Å². The molecule has 0 N–H and O–H groups in total. The van der Waals surface area contributed by atoms with Gasteiger partial charge < -0.3 is 14.0 Å². The fourth-order valence-corrected chi connectivity index (χ4v) is 3.95. The van der Waals surface area contributed by atoms with Gasteiger partial charge in [0.1, 0.15) is 0 Å². The zero-order valence-corrected chi connectivity index (χ0v) is 19.3. The molecule has 0 bridgehead atoms. The Morgan fingerprint density at radius 2 is 1.53 bits per heavy atom. The van der Waals surface area contributed by atoms with Crippen molar-refractivity contribution >= 4 is 18.6 Å². The molecule has 0 saturated carbocycles. The topological polar surface area (TPSA) is 44.8 Å². The van der Waals surface area contributed by atoms with Crippen LogP contribution in [0.5, 0.6) is 0 Å². The van der Waals surface area contributed by atoms with Crippen molar-refractivity contribution in [1.82, 2.24) is 0 Å². The molecule has 1 saturated heterocycles. The van der Waals surface area contributed by atoms with Crippen LogP contribution in [0.2, 0.25) is 0 Å². The molecule has 1 aliphatic rings. The van der Waals surface area contributed by atoms with Crippen LogP contribution < -0.4 is 5.46 Å². The molecule has 4 nitrogen and oxygen atoms in total. The largest absolute Gasteiger partial charge is 0.495 e. The number of methoxy groups -OCH3 is 1. The molecule has 3 rings (SSSR count). The monoisotopic (exact) mass is 408 g/mol. The summed E-state index contributed by atoms with van der Waals surface area (Å²) in [6.07, 6.45) is 2.89. The molecule has 2 aromatic rings. The Balaban J connectivity index is 1.84. The normalized spacial score (nSPS) is 17.2. The molecular weight excluding hydrogens is 375 g/mol. The van der Waals surface area contributed by atoms with Crippen LogP contribution in [0.1, 0.15) is 66.7 Å². The number of carbonyl (C=O) groups excluding carboxylic acids is 1. The second-order valence-corrected chi connectivity index (χ2v) is 9.34. The summed E-state index contributed by atoms with van der Waals surface area (Å²) in [5, 5.41) is 0. The molecule has 2 aromatic carbocycles. The van der Waals surface area contributed by atoms with Gasteiger partial charge in [-0.25, -0.2) is 4.79 Å². The Morgan fingerprint density at radius 1 is 0.933 bits per heavy atom. The first kappa shape index (κ1) is 22.6. The lowest BCUT2D eigenvalue weighted by molar-refractivity contribution is 0.00578. The Labute approximate surface area is 181 Å². The van der Waals surface area contributed by atoms with Crippen molar-refractivity contribution < 1.29 is 18.8 Å². The van der Waals surface area contributed by atoms with E-state index >= 15 is 0 Å². The summed E-state index contributed by atoms with van der Waals surface area (Å²) >= 11 is 0.